The van der Waals surface area contributed by atoms with Crippen molar-refractivity contribution in [1.82, 2.24) is 0 Å². The van der Waals surface area contributed by atoms with Gasteiger partial charge in [0.05, 0.1) is 0 Å². The second-order valence-electron chi connectivity index (χ2n) is 4.68. The van der Waals surface area contributed by atoms with Crippen LogP contribution in [0.4, 0.5) is 0 Å². The molecule has 2 atom stereocenters. The highest BCUT2D eigenvalue weighted by Crippen LogP contribution is 2.43. The number of hydrogen-bond acceptors (Lipinski definition) is 3. The highest BCUT2D eigenvalue weighted by atomic mass is 16.4. The maximum atomic E-state index is 10.8. The van der Waals surface area contributed by atoms with Crippen molar-refractivity contribution in [2.45, 2.75) is 31.6 Å². The Morgan fingerprint density at radius 3 is 2.41 bits per heavy atom. The van der Waals surface area contributed by atoms with Crippen molar-refractivity contribution in [3.63, 3.8) is 0 Å². The Balaban J connectivity index is 2.22. The van der Waals surface area contributed by atoms with E-state index < -0.39 is 5.97 Å². The zero-order valence-corrected chi connectivity index (χ0v) is 9.47. The average Bonchev–Trinajstić information content (AvgIpc) is 2.63. The lowest BCUT2D eigenvalue weighted by atomic mass is 9.86. The first-order valence-electron chi connectivity index (χ1n) is 5.81. The van der Waals surface area contributed by atoms with Gasteiger partial charge in [0.25, 0.3) is 0 Å². The van der Waals surface area contributed by atoms with E-state index in [0.717, 1.165) is 24.8 Å². The molecular weight excluding hydrogens is 220 g/mol. The maximum Gasteiger partial charge on any atom is 0.303 e. The van der Waals surface area contributed by atoms with Gasteiger partial charge in [0.15, 0.2) is 0 Å². The van der Waals surface area contributed by atoms with Crippen LogP contribution in [0.5, 0.6) is 11.5 Å². The summed E-state index contributed by atoms with van der Waals surface area (Å²) in [5.41, 5.74) is 0.839. The molecule has 1 unspecified atom stereocenters. The van der Waals surface area contributed by atoms with Gasteiger partial charge in [-0.05, 0) is 42.4 Å². The molecule has 0 heterocycles. The number of hydrogen-bond donors (Lipinski definition) is 3. The Labute approximate surface area is 99.5 Å². The van der Waals surface area contributed by atoms with E-state index in [1.807, 2.05) is 0 Å². The number of aromatic hydroxyl groups is 2. The third-order valence-electron chi connectivity index (χ3n) is 3.45. The molecule has 1 aromatic rings. The molecule has 2 rings (SSSR count). The van der Waals surface area contributed by atoms with Crippen LogP contribution in [-0.4, -0.2) is 21.3 Å². The summed E-state index contributed by atoms with van der Waals surface area (Å²) in [7, 11) is 0. The van der Waals surface area contributed by atoms with Crippen LogP contribution in [-0.2, 0) is 4.79 Å². The normalized spacial score (nSPS) is 23.8. The number of carbonyl (C=O) groups is 1. The molecule has 0 aliphatic heterocycles. The molecule has 1 aliphatic rings. The largest absolute Gasteiger partial charge is 0.508 e. The van der Waals surface area contributed by atoms with Crippen LogP contribution >= 0.6 is 0 Å². The van der Waals surface area contributed by atoms with E-state index in [9.17, 15) is 15.0 Å². The van der Waals surface area contributed by atoms with Gasteiger partial charge in [-0.3, -0.25) is 4.79 Å². The Hall–Kier alpha value is -1.71. The first kappa shape index (κ1) is 11.8. The number of aliphatic carboxylic acids is 1. The molecule has 0 aromatic heterocycles. The van der Waals surface area contributed by atoms with Crippen molar-refractivity contribution in [2.75, 3.05) is 0 Å². The minimum atomic E-state index is -0.786. The molecule has 3 N–H and O–H groups in total. The van der Waals surface area contributed by atoms with Crippen LogP contribution in [0.3, 0.4) is 0 Å². The predicted octanol–water partition coefficient (Wildman–Crippen LogP) is 2.46. The lowest BCUT2D eigenvalue weighted by Crippen LogP contribution is -2.11. The maximum absolute atomic E-state index is 10.8. The Morgan fingerprint density at radius 1 is 1.18 bits per heavy atom. The lowest BCUT2D eigenvalue weighted by Gasteiger charge is -2.18. The minimum Gasteiger partial charge on any atom is -0.508 e. The van der Waals surface area contributed by atoms with Crippen molar-refractivity contribution in [2.24, 2.45) is 5.92 Å². The van der Waals surface area contributed by atoms with Crippen molar-refractivity contribution in [3.05, 3.63) is 23.8 Å². The van der Waals surface area contributed by atoms with Gasteiger partial charge in [-0.2, -0.15) is 0 Å². The van der Waals surface area contributed by atoms with Gasteiger partial charge in [-0.1, -0.05) is 6.42 Å². The summed E-state index contributed by atoms with van der Waals surface area (Å²) in [6.45, 7) is 0. The molecular formula is C13H16O4. The highest BCUT2D eigenvalue weighted by molar-refractivity contribution is 5.67. The van der Waals surface area contributed by atoms with Crippen LogP contribution in [0.2, 0.25) is 0 Å². The van der Waals surface area contributed by atoms with E-state index in [-0.39, 0.29) is 29.8 Å². The van der Waals surface area contributed by atoms with E-state index in [4.69, 9.17) is 5.11 Å². The number of carboxylic acid groups (broad SMARTS) is 1. The van der Waals surface area contributed by atoms with Gasteiger partial charge in [0.2, 0.25) is 0 Å². The van der Waals surface area contributed by atoms with Crippen LogP contribution in [0, 0.1) is 5.92 Å². The monoisotopic (exact) mass is 236 g/mol. The van der Waals surface area contributed by atoms with Gasteiger partial charge in [-0.25, -0.2) is 0 Å². The zero-order valence-electron chi connectivity index (χ0n) is 9.47. The highest BCUT2D eigenvalue weighted by Gasteiger charge is 2.30. The average molecular weight is 236 g/mol. The van der Waals surface area contributed by atoms with E-state index >= 15 is 0 Å². The molecule has 4 heteroatoms. The number of phenolic OH excluding ortho intramolecular Hbond substituents is 2. The molecule has 0 spiro atoms. The SMILES string of the molecule is O=C(O)CC1CCC[C@H]1c1cc(O)cc(O)c1. The van der Waals surface area contributed by atoms with E-state index in [1.54, 1.807) is 12.1 Å². The zero-order chi connectivity index (χ0) is 12.4. The first-order valence-corrected chi connectivity index (χ1v) is 5.81. The summed E-state index contributed by atoms with van der Waals surface area (Å²) < 4.78 is 0. The minimum absolute atomic E-state index is 0.0287. The molecule has 0 saturated heterocycles. The fourth-order valence-electron chi connectivity index (χ4n) is 2.78. The topological polar surface area (TPSA) is 77.8 Å². The summed E-state index contributed by atoms with van der Waals surface area (Å²) in [4.78, 5) is 10.8. The second kappa shape index (κ2) is 4.65. The third-order valence-corrected chi connectivity index (χ3v) is 3.45. The first-order chi connectivity index (χ1) is 8.06. The summed E-state index contributed by atoms with van der Waals surface area (Å²) in [6.07, 6.45) is 2.97. The molecule has 0 amide bonds. The van der Waals surface area contributed by atoms with Gasteiger partial charge in [0.1, 0.15) is 11.5 Å². The molecule has 1 aliphatic carbocycles. The van der Waals surface area contributed by atoms with Crippen molar-refractivity contribution < 1.29 is 20.1 Å². The van der Waals surface area contributed by atoms with E-state index in [1.165, 1.54) is 6.07 Å². The molecule has 4 nitrogen and oxygen atoms in total. The number of carboxylic acids is 1. The quantitative estimate of drug-likeness (QED) is 0.753. The van der Waals surface area contributed by atoms with Crippen molar-refractivity contribution >= 4 is 5.97 Å². The summed E-state index contributed by atoms with van der Waals surface area (Å²) in [5, 5.41) is 27.7. The number of rotatable bonds is 3. The third kappa shape index (κ3) is 2.70. The van der Waals surface area contributed by atoms with E-state index in [0.29, 0.717) is 0 Å². The van der Waals surface area contributed by atoms with Gasteiger partial charge < -0.3 is 15.3 Å². The molecule has 0 bridgehead atoms. The molecule has 17 heavy (non-hydrogen) atoms. The summed E-state index contributed by atoms with van der Waals surface area (Å²) in [5.74, 6) is -0.494. The molecule has 92 valence electrons. The number of phenols is 2. The van der Waals surface area contributed by atoms with Crippen LogP contribution in [0.15, 0.2) is 18.2 Å². The standard InChI is InChI=1S/C13H16O4/c14-10-4-9(5-11(15)7-10)12-3-1-2-8(12)6-13(16)17/h4-5,7-8,12,14-15H,1-3,6H2,(H,16,17)/t8?,12-/m1/s1. The van der Waals surface area contributed by atoms with Crippen molar-refractivity contribution in [3.8, 4) is 11.5 Å². The Morgan fingerprint density at radius 2 is 1.82 bits per heavy atom. The fourth-order valence-corrected chi connectivity index (χ4v) is 2.78. The molecule has 1 saturated carbocycles. The number of benzene rings is 1. The summed E-state index contributed by atoms with van der Waals surface area (Å²) in [6, 6.07) is 4.51. The van der Waals surface area contributed by atoms with Crippen LogP contribution in [0.25, 0.3) is 0 Å². The molecule has 1 fully saturated rings. The smallest absolute Gasteiger partial charge is 0.303 e. The Kier molecular flexibility index (Phi) is 3.22. The van der Waals surface area contributed by atoms with Gasteiger partial charge in [0, 0.05) is 12.5 Å². The van der Waals surface area contributed by atoms with E-state index in [2.05, 4.69) is 0 Å². The molecule has 1 aromatic carbocycles. The van der Waals surface area contributed by atoms with Gasteiger partial charge in [-0.15, -0.1) is 0 Å². The Bertz CT molecular complexity index is 407. The predicted molar refractivity (Wildman–Crippen MR) is 62.1 cm³/mol. The second-order valence-corrected chi connectivity index (χ2v) is 4.68. The van der Waals surface area contributed by atoms with Gasteiger partial charge >= 0.3 is 5.97 Å². The summed E-state index contributed by atoms with van der Waals surface area (Å²) >= 11 is 0. The lowest BCUT2D eigenvalue weighted by molar-refractivity contribution is -0.138. The van der Waals surface area contributed by atoms with Crippen LogP contribution in [0.1, 0.15) is 37.2 Å². The molecule has 0 radical (unpaired) electrons. The van der Waals surface area contributed by atoms with Crippen LogP contribution < -0.4 is 0 Å². The fraction of sp³-hybridized carbons (Fsp3) is 0.462. The van der Waals surface area contributed by atoms with Crippen molar-refractivity contribution in [1.29, 1.82) is 0 Å².